The van der Waals surface area contributed by atoms with Crippen molar-refractivity contribution >= 4 is 39.5 Å². The summed E-state index contributed by atoms with van der Waals surface area (Å²) in [5.41, 5.74) is 0. The van der Waals surface area contributed by atoms with Gasteiger partial charge in [0.25, 0.3) is 0 Å². The lowest BCUT2D eigenvalue weighted by Gasteiger charge is -2.21. The minimum absolute atomic E-state index is 0.106. The SMILES string of the molecule is CCCCCCCCCCCCCC(=O)O[C@H](COC(=O)CCCCCCC)COP(=O)(O)OC[C@H](O)COP(=O)(O)OC[C@@H](COC(=O)CCCCCCCCCCCCCCCC(C)C)OC(=O)CCCCCCCCCCCCCCCCCCC(C)C. The summed E-state index contributed by atoms with van der Waals surface area (Å²) < 4.78 is 68.1. The number of phosphoric acid groups is 2. The van der Waals surface area contributed by atoms with Gasteiger partial charge in [-0.1, -0.05) is 318 Å². The van der Waals surface area contributed by atoms with Gasteiger partial charge in [-0.3, -0.25) is 37.3 Å². The Labute approximate surface area is 556 Å². The summed E-state index contributed by atoms with van der Waals surface area (Å²) in [6, 6.07) is 0. The Balaban J connectivity index is 5.14. The molecule has 540 valence electrons. The van der Waals surface area contributed by atoms with E-state index < -0.39 is 97.5 Å². The monoisotopic (exact) mass is 1340 g/mol. The molecule has 5 atom stereocenters. The Morgan fingerprint density at radius 1 is 0.297 bits per heavy atom. The van der Waals surface area contributed by atoms with E-state index in [0.717, 1.165) is 108 Å². The van der Waals surface area contributed by atoms with E-state index in [0.29, 0.717) is 25.7 Å². The lowest BCUT2D eigenvalue weighted by molar-refractivity contribution is -0.161. The van der Waals surface area contributed by atoms with E-state index in [1.165, 1.54) is 180 Å². The van der Waals surface area contributed by atoms with E-state index in [9.17, 15) is 43.2 Å². The molecule has 0 spiro atoms. The Morgan fingerprint density at radius 2 is 0.505 bits per heavy atom. The molecule has 91 heavy (non-hydrogen) atoms. The van der Waals surface area contributed by atoms with Crippen molar-refractivity contribution in [3.8, 4) is 0 Å². The number of hydrogen-bond acceptors (Lipinski definition) is 15. The van der Waals surface area contributed by atoms with Crippen molar-refractivity contribution in [3.05, 3.63) is 0 Å². The predicted molar refractivity (Wildman–Crippen MR) is 368 cm³/mol. The molecule has 0 aliphatic heterocycles. The predicted octanol–water partition coefficient (Wildman–Crippen LogP) is 20.8. The van der Waals surface area contributed by atoms with Crippen LogP contribution in [0.1, 0.15) is 369 Å². The van der Waals surface area contributed by atoms with Gasteiger partial charge in [-0.15, -0.1) is 0 Å². The lowest BCUT2D eigenvalue weighted by Crippen LogP contribution is -2.30. The van der Waals surface area contributed by atoms with Crippen molar-refractivity contribution < 1.29 is 80.2 Å². The van der Waals surface area contributed by atoms with Gasteiger partial charge in [-0.05, 0) is 37.5 Å². The van der Waals surface area contributed by atoms with Crippen LogP contribution in [0.5, 0.6) is 0 Å². The molecule has 0 aromatic carbocycles. The summed E-state index contributed by atoms with van der Waals surface area (Å²) in [4.78, 5) is 72.3. The molecule has 0 heterocycles. The molecular formula is C72H140O17P2. The standard InChI is InChI=1S/C72H140O17P2/c1-7-9-11-13-14-15-25-33-38-44-50-56-71(76)88-67(60-82-69(74)54-48-40-12-10-8-2)62-86-90(78,79)84-58-66(73)59-85-91(80,81)87-63-68(61-83-70(75)55-49-43-37-32-28-24-20-22-27-31-36-42-47-53-65(5)6)89-72(77)57-51-45-39-34-29-23-19-17-16-18-21-26-30-35-41-46-52-64(3)4/h64-68,73H,7-63H2,1-6H3,(H,78,79)(H,80,81)/t66-,67+,68+/m0/s1. The largest absolute Gasteiger partial charge is 0.472 e. The maximum atomic E-state index is 13.0. The summed E-state index contributed by atoms with van der Waals surface area (Å²) >= 11 is 0. The number of aliphatic hydroxyl groups is 1. The minimum Gasteiger partial charge on any atom is -0.462 e. The topological polar surface area (TPSA) is 237 Å². The van der Waals surface area contributed by atoms with Crippen molar-refractivity contribution in [2.75, 3.05) is 39.6 Å². The first-order valence-corrected chi connectivity index (χ1v) is 40.5. The van der Waals surface area contributed by atoms with E-state index in [2.05, 4.69) is 41.5 Å². The summed E-state index contributed by atoms with van der Waals surface area (Å²) in [5.74, 6) is -0.531. The third kappa shape index (κ3) is 66.5. The first-order valence-electron chi connectivity index (χ1n) is 37.5. The van der Waals surface area contributed by atoms with Crippen molar-refractivity contribution in [3.63, 3.8) is 0 Å². The zero-order valence-corrected chi connectivity index (χ0v) is 60.9. The first-order chi connectivity index (χ1) is 43.9. The maximum Gasteiger partial charge on any atom is 0.472 e. The number of rotatable bonds is 71. The van der Waals surface area contributed by atoms with E-state index in [1.54, 1.807) is 0 Å². The second-order valence-electron chi connectivity index (χ2n) is 26.9. The van der Waals surface area contributed by atoms with Crippen molar-refractivity contribution in [1.82, 2.24) is 0 Å². The summed E-state index contributed by atoms with van der Waals surface area (Å²) in [6.45, 7) is 9.52. The first kappa shape index (κ1) is 89.1. The Kier molecular flexibility index (Phi) is 62.7. The summed E-state index contributed by atoms with van der Waals surface area (Å²) in [6.07, 6.45) is 50.3. The van der Waals surface area contributed by atoms with Gasteiger partial charge in [0.05, 0.1) is 26.4 Å². The maximum absolute atomic E-state index is 13.0. The van der Waals surface area contributed by atoms with Gasteiger partial charge >= 0.3 is 39.5 Å². The van der Waals surface area contributed by atoms with Crippen molar-refractivity contribution in [1.29, 1.82) is 0 Å². The number of carbonyl (C=O) groups excluding carboxylic acids is 4. The molecular weight excluding hydrogens is 1200 g/mol. The highest BCUT2D eigenvalue weighted by atomic mass is 31.2. The number of aliphatic hydroxyl groups excluding tert-OH is 1. The third-order valence-corrected chi connectivity index (χ3v) is 18.6. The van der Waals surface area contributed by atoms with Crippen LogP contribution in [-0.4, -0.2) is 96.7 Å². The van der Waals surface area contributed by atoms with Gasteiger partial charge in [0.15, 0.2) is 12.2 Å². The molecule has 0 bridgehead atoms. The van der Waals surface area contributed by atoms with Crippen LogP contribution in [0.2, 0.25) is 0 Å². The van der Waals surface area contributed by atoms with E-state index in [4.69, 9.17) is 37.0 Å². The molecule has 0 rings (SSSR count). The fourth-order valence-electron chi connectivity index (χ4n) is 10.9. The highest BCUT2D eigenvalue weighted by molar-refractivity contribution is 7.47. The molecule has 0 fully saturated rings. The van der Waals surface area contributed by atoms with Crippen molar-refractivity contribution in [2.24, 2.45) is 11.8 Å². The summed E-state index contributed by atoms with van der Waals surface area (Å²) in [7, 11) is -9.89. The van der Waals surface area contributed by atoms with Gasteiger partial charge in [-0.25, -0.2) is 9.13 Å². The molecule has 0 amide bonds. The van der Waals surface area contributed by atoms with Gasteiger partial charge in [0, 0.05) is 25.7 Å². The lowest BCUT2D eigenvalue weighted by atomic mass is 10.0. The second kappa shape index (κ2) is 64.1. The molecule has 19 heteroatoms. The number of ether oxygens (including phenoxy) is 4. The second-order valence-corrected chi connectivity index (χ2v) is 29.8. The Hall–Kier alpha value is -1.94. The Morgan fingerprint density at radius 3 is 0.747 bits per heavy atom. The van der Waals surface area contributed by atoms with Crippen LogP contribution in [0.25, 0.3) is 0 Å². The molecule has 0 aliphatic carbocycles. The third-order valence-electron chi connectivity index (χ3n) is 16.7. The van der Waals surface area contributed by atoms with E-state index in [1.807, 2.05) is 0 Å². The smallest absolute Gasteiger partial charge is 0.462 e. The van der Waals surface area contributed by atoms with Crippen LogP contribution >= 0.6 is 15.6 Å². The molecule has 0 aromatic rings. The molecule has 0 saturated heterocycles. The van der Waals surface area contributed by atoms with Gasteiger partial charge in [-0.2, -0.15) is 0 Å². The zero-order valence-electron chi connectivity index (χ0n) is 59.1. The van der Waals surface area contributed by atoms with Gasteiger partial charge < -0.3 is 33.8 Å². The number of esters is 4. The summed E-state index contributed by atoms with van der Waals surface area (Å²) in [5, 5.41) is 10.6. The van der Waals surface area contributed by atoms with Crippen LogP contribution in [0, 0.1) is 11.8 Å². The molecule has 0 radical (unpaired) electrons. The van der Waals surface area contributed by atoms with E-state index in [-0.39, 0.29) is 25.7 Å². The number of phosphoric ester groups is 2. The molecule has 3 N–H and O–H groups in total. The molecule has 0 aromatic heterocycles. The highest BCUT2D eigenvalue weighted by Gasteiger charge is 2.30. The van der Waals surface area contributed by atoms with Gasteiger partial charge in [0.2, 0.25) is 0 Å². The Bertz CT molecular complexity index is 1770. The van der Waals surface area contributed by atoms with Gasteiger partial charge in [0.1, 0.15) is 19.3 Å². The molecule has 17 nitrogen and oxygen atoms in total. The van der Waals surface area contributed by atoms with E-state index >= 15 is 0 Å². The van der Waals surface area contributed by atoms with Crippen LogP contribution in [0.15, 0.2) is 0 Å². The number of carbonyl (C=O) groups is 4. The average molecular weight is 1340 g/mol. The quantitative estimate of drug-likeness (QED) is 0.0222. The van der Waals surface area contributed by atoms with Crippen LogP contribution in [0.4, 0.5) is 0 Å². The minimum atomic E-state index is -4.95. The average Bonchev–Trinajstić information content (AvgIpc) is 3.70. The molecule has 2 unspecified atom stereocenters. The fraction of sp³-hybridized carbons (Fsp3) is 0.944. The molecule has 0 saturated carbocycles. The number of unbranched alkanes of at least 4 members (excludes halogenated alkanes) is 41. The highest BCUT2D eigenvalue weighted by Crippen LogP contribution is 2.45. The fourth-order valence-corrected chi connectivity index (χ4v) is 12.5. The van der Waals surface area contributed by atoms with Crippen molar-refractivity contribution in [2.45, 2.75) is 387 Å². The zero-order chi connectivity index (χ0) is 67.2. The molecule has 0 aliphatic rings. The van der Waals surface area contributed by atoms with Crippen LogP contribution in [-0.2, 0) is 65.4 Å². The normalized spacial score (nSPS) is 14.1. The van der Waals surface area contributed by atoms with Crippen LogP contribution < -0.4 is 0 Å². The van der Waals surface area contributed by atoms with Crippen LogP contribution in [0.3, 0.4) is 0 Å². The number of hydrogen-bond donors (Lipinski definition) is 3.